The van der Waals surface area contributed by atoms with Crippen molar-refractivity contribution >= 4 is 67.3 Å². The molecule has 2 N–H and O–H groups in total. The third-order valence-corrected chi connectivity index (χ3v) is 7.47. The van der Waals surface area contributed by atoms with Crippen LogP contribution in [0.4, 0.5) is 18.9 Å². The number of carbonyl (C=O) groups is 1. The second-order valence-corrected chi connectivity index (χ2v) is 10.6. The van der Waals surface area contributed by atoms with Crippen LogP contribution in [0.3, 0.4) is 0 Å². The lowest BCUT2D eigenvalue weighted by molar-refractivity contribution is -0.140. The zero-order valence-electron chi connectivity index (χ0n) is 18.1. The van der Waals surface area contributed by atoms with E-state index in [4.69, 9.17) is 23.2 Å². The zero-order chi connectivity index (χ0) is 24.7. The van der Waals surface area contributed by atoms with Crippen molar-refractivity contribution in [2.24, 2.45) is 0 Å². The fraction of sp³-hybridized carbons (Fsp3) is 0.292. The molecule has 182 valence electrons. The van der Waals surface area contributed by atoms with Gasteiger partial charge >= 0.3 is 6.18 Å². The van der Waals surface area contributed by atoms with Gasteiger partial charge in [0.15, 0.2) is 4.47 Å². The number of fused-ring (bicyclic) bond motifs is 2. The topological polar surface area (TPSA) is 66.9 Å². The Morgan fingerprint density at radius 1 is 0.943 bits per heavy atom. The van der Waals surface area contributed by atoms with Crippen molar-refractivity contribution < 1.29 is 18.0 Å². The van der Waals surface area contributed by atoms with E-state index in [1.807, 2.05) is 0 Å². The summed E-state index contributed by atoms with van der Waals surface area (Å²) in [6.07, 6.45) is -1.76. The van der Waals surface area contributed by atoms with Crippen molar-refractivity contribution in [2.75, 3.05) is 5.32 Å². The Morgan fingerprint density at radius 2 is 1.66 bits per heavy atom. The van der Waals surface area contributed by atoms with Gasteiger partial charge in [0.05, 0.1) is 15.7 Å². The lowest BCUT2D eigenvalue weighted by atomic mass is 9.90. The zero-order valence-corrected chi connectivity index (χ0v) is 20.5. The van der Waals surface area contributed by atoms with Gasteiger partial charge in [0, 0.05) is 33.7 Å². The number of nitrogens with one attached hydrogen (secondary N) is 2. The van der Waals surface area contributed by atoms with Crippen LogP contribution in [-0.4, -0.2) is 28.0 Å². The summed E-state index contributed by atoms with van der Waals surface area (Å²) in [4.78, 5) is 20.7. The molecule has 0 bridgehead atoms. The van der Waals surface area contributed by atoms with Gasteiger partial charge in [-0.2, -0.15) is 13.2 Å². The van der Waals surface area contributed by atoms with Gasteiger partial charge < -0.3 is 10.6 Å². The molecule has 11 heteroatoms. The van der Waals surface area contributed by atoms with Gasteiger partial charge in [-0.05, 0) is 68.1 Å². The summed E-state index contributed by atoms with van der Waals surface area (Å²) in [6.45, 7) is 0. The number of rotatable bonds is 4. The van der Waals surface area contributed by atoms with Crippen LogP contribution in [-0.2, 0) is 6.18 Å². The van der Waals surface area contributed by atoms with Crippen LogP contribution in [0.25, 0.3) is 21.1 Å². The monoisotopic (exact) mass is 538 g/mol. The van der Waals surface area contributed by atoms with Gasteiger partial charge in [0.1, 0.15) is 5.69 Å². The summed E-state index contributed by atoms with van der Waals surface area (Å²) >= 11 is 13.4. The molecule has 2 heterocycles. The fourth-order valence-electron chi connectivity index (χ4n) is 4.37. The number of alkyl halides is 3. The molecule has 4 aromatic rings. The number of amides is 1. The normalized spacial score (nSPS) is 18.7. The van der Waals surface area contributed by atoms with Crippen molar-refractivity contribution in [1.29, 1.82) is 0 Å². The summed E-state index contributed by atoms with van der Waals surface area (Å²) in [5.41, 5.74) is 0.926. The van der Waals surface area contributed by atoms with Crippen LogP contribution in [0.2, 0.25) is 9.49 Å². The largest absolute Gasteiger partial charge is 0.433 e. The molecular formula is C24H19Cl2F3N4OS. The highest BCUT2D eigenvalue weighted by Gasteiger charge is 2.34. The molecule has 2 aromatic carbocycles. The highest BCUT2D eigenvalue weighted by atomic mass is 35.5. The summed E-state index contributed by atoms with van der Waals surface area (Å²) in [5, 5.41) is 7.29. The first-order valence-electron chi connectivity index (χ1n) is 11.0. The SMILES string of the molecule is O=C(N[C@H]1CC[C@@H](Nc2cc(C(F)(F)F)nc3ccc(Cl)cc23)CC1)c1ccc2nc(Cl)sc2c1. The maximum atomic E-state index is 13.4. The molecule has 1 aliphatic rings. The molecule has 1 fully saturated rings. The van der Waals surface area contributed by atoms with E-state index in [0.29, 0.717) is 51.8 Å². The Labute approximate surface area is 212 Å². The molecule has 1 aliphatic carbocycles. The van der Waals surface area contributed by atoms with Crippen molar-refractivity contribution in [3.05, 3.63) is 63.2 Å². The maximum absolute atomic E-state index is 13.4. The molecule has 35 heavy (non-hydrogen) atoms. The number of hydrogen-bond donors (Lipinski definition) is 2. The number of hydrogen-bond acceptors (Lipinski definition) is 5. The molecule has 2 aromatic heterocycles. The quantitative estimate of drug-likeness (QED) is 0.285. The Balaban J connectivity index is 1.26. The lowest BCUT2D eigenvalue weighted by Gasteiger charge is -2.30. The number of thiazole rings is 1. The van der Waals surface area contributed by atoms with Crippen molar-refractivity contribution in [2.45, 2.75) is 43.9 Å². The van der Waals surface area contributed by atoms with Crippen molar-refractivity contribution in [3.63, 3.8) is 0 Å². The van der Waals surface area contributed by atoms with Crippen LogP contribution in [0.1, 0.15) is 41.7 Å². The Morgan fingerprint density at radius 3 is 2.40 bits per heavy atom. The predicted octanol–water partition coefficient (Wildman–Crippen LogP) is 7.32. The van der Waals surface area contributed by atoms with E-state index in [2.05, 4.69) is 20.6 Å². The molecule has 5 rings (SSSR count). The smallest absolute Gasteiger partial charge is 0.382 e. The Kier molecular flexibility index (Phi) is 6.50. The van der Waals surface area contributed by atoms with E-state index in [1.54, 1.807) is 24.3 Å². The summed E-state index contributed by atoms with van der Waals surface area (Å²) < 4.78 is 41.4. The molecule has 1 saturated carbocycles. The van der Waals surface area contributed by atoms with E-state index >= 15 is 0 Å². The van der Waals surface area contributed by atoms with Crippen LogP contribution < -0.4 is 10.6 Å². The van der Waals surface area contributed by atoms with Crippen molar-refractivity contribution in [3.8, 4) is 0 Å². The minimum atomic E-state index is -4.56. The van der Waals surface area contributed by atoms with E-state index in [0.717, 1.165) is 16.3 Å². The molecular weight excluding hydrogens is 520 g/mol. The van der Waals surface area contributed by atoms with E-state index in [9.17, 15) is 18.0 Å². The molecule has 0 radical (unpaired) electrons. The number of pyridine rings is 1. The molecule has 0 spiro atoms. The van der Waals surface area contributed by atoms with E-state index < -0.39 is 11.9 Å². The Bertz CT molecular complexity index is 1420. The molecule has 1 amide bonds. The summed E-state index contributed by atoms with van der Waals surface area (Å²) in [7, 11) is 0. The number of nitrogens with zero attached hydrogens (tertiary/aromatic N) is 2. The third kappa shape index (κ3) is 5.32. The summed E-state index contributed by atoms with van der Waals surface area (Å²) in [6, 6.07) is 10.9. The third-order valence-electron chi connectivity index (χ3n) is 6.11. The first-order valence-corrected chi connectivity index (χ1v) is 12.5. The standard InChI is InChI=1S/C24H19Cl2F3N4OS/c25-13-2-8-17-16(10-13)19(11-21(32-17)24(27,28)29)30-14-3-5-15(6-4-14)31-22(34)12-1-7-18-20(9-12)35-23(26)33-18/h1-2,7-11,14-15H,3-6H2,(H,30,32)(H,31,34)/t14-,15+. The highest BCUT2D eigenvalue weighted by Crippen LogP contribution is 2.35. The minimum Gasteiger partial charge on any atom is -0.382 e. The second kappa shape index (κ2) is 9.44. The molecule has 0 aliphatic heterocycles. The van der Waals surface area contributed by atoms with E-state index in [-0.39, 0.29) is 23.5 Å². The molecule has 0 saturated heterocycles. The van der Waals surface area contributed by atoms with Gasteiger partial charge in [-0.15, -0.1) is 11.3 Å². The van der Waals surface area contributed by atoms with E-state index in [1.165, 1.54) is 23.5 Å². The Hall–Kier alpha value is -2.62. The first-order chi connectivity index (χ1) is 16.7. The second-order valence-electron chi connectivity index (χ2n) is 8.53. The average Bonchev–Trinajstić information content (AvgIpc) is 3.19. The minimum absolute atomic E-state index is 0.0179. The number of benzene rings is 2. The highest BCUT2D eigenvalue weighted by molar-refractivity contribution is 7.22. The van der Waals surface area contributed by atoms with Gasteiger partial charge in [-0.3, -0.25) is 4.79 Å². The summed E-state index contributed by atoms with van der Waals surface area (Å²) in [5.74, 6) is -0.169. The molecule has 0 unspecified atom stereocenters. The van der Waals surface area contributed by atoms with Crippen LogP contribution >= 0.6 is 34.5 Å². The fourth-order valence-corrected chi connectivity index (χ4v) is 5.61. The number of aromatic nitrogens is 2. The number of carbonyl (C=O) groups excluding carboxylic acids is 1. The van der Waals surface area contributed by atoms with Gasteiger partial charge in [-0.1, -0.05) is 23.2 Å². The first kappa shape index (κ1) is 24.1. The number of anilines is 1. The number of halogens is 5. The van der Waals surface area contributed by atoms with Crippen molar-refractivity contribution in [1.82, 2.24) is 15.3 Å². The van der Waals surface area contributed by atoms with Gasteiger partial charge in [-0.25, -0.2) is 9.97 Å². The molecule has 5 nitrogen and oxygen atoms in total. The predicted molar refractivity (Wildman–Crippen MR) is 134 cm³/mol. The lowest BCUT2D eigenvalue weighted by Crippen LogP contribution is -2.40. The van der Waals surface area contributed by atoms with Crippen LogP contribution in [0.15, 0.2) is 42.5 Å². The van der Waals surface area contributed by atoms with Gasteiger partial charge in [0.2, 0.25) is 0 Å². The van der Waals surface area contributed by atoms with Gasteiger partial charge in [0.25, 0.3) is 5.91 Å². The van der Waals surface area contributed by atoms with Crippen LogP contribution in [0, 0.1) is 0 Å². The molecule has 0 atom stereocenters. The average molecular weight is 539 g/mol. The van der Waals surface area contributed by atoms with Crippen LogP contribution in [0.5, 0.6) is 0 Å². The maximum Gasteiger partial charge on any atom is 0.433 e.